The van der Waals surface area contributed by atoms with Crippen LogP contribution in [0.1, 0.15) is 25.7 Å². The molecule has 1 fully saturated rings. The molecule has 1 saturated heterocycles. The normalized spacial score (nSPS) is 21.1. The fourth-order valence-corrected chi connectivity index (χ4v) is 1.52. The molecule has 0 aromatic carbocycles. The Morgan fingerprint density at radius 3 is 2.67 bits per heavy atom. The highest BCUT2D eigenvalue weighted by Crippen LogP contribution is 2.09. The van der Waals surface area contributed by atoms with E-state index in [1.165, 1.54) is 0 Å². The number of hydrogen-bond donors (Lipinski definition) is 1. The molecular weight excluding hydrogens is 154 g/mol. The van der Waals surface area contributed by atoms with E-state index in [0.29, 0.717) is 6.42 Å². The first-order valence-electron chi connectivity index (χ1n) is 4.58. The molecule has 0 spiro atoms. The zero-order valence-corrected chi connectivity index (χ0v) is 7.33. The van der Waals surface area contributed by atoms with Gasteiger partial charge in [0, 0.05) is 19.5 Å². The van der Waals surface area contributed by atoms with Crippen molar-refractivity contribution >= 4 is 6.29 Å². The maximum absolute atomic E-state index is 9.92. The van der Waals surface area contributed by atoms with E-state index in [0.717, 1.165) is 38.9 Å². The van der Waals surface area contributed by atoms with Crippen LogP contribution in [0.15, 0.2) is 0 Å². The number of unbranched alkanes of at least 4 members (excludes halogenated alkanes) is 1. The van der Waals surface area contributed by atoms with Gasteiger partial charge in [-0.1, -0.05) is 0 Å². The lowest BCUT2D eigenvalue weighted by Crippen LogP contribution is -2.36. The Morgan fingerprint density at radius 2 is 2.08 bits per heavy atom. The van der Waals surface area contributed by atoms with E-state index in [9.17, 15) is 9.90 Å². The molecule has 1 radical (unpaired) electrons. The average Bonchev–Trinajstić information content (AvgIpc) is 2.09. The molecular formula is C9H16NO2. The monoisotopic (exact) mass is 170 g/mol. The van der Waals surface area contributed by atoms with Gasteiger partial charge in [-0.2, -0.15) is 0 Å². The molecule has 1 rings (SSSR count). The Morgan fingerprint density at radius 1 is 1.42 bits per heavy atom. The molecule has 1 aliphatic rings. The molecule has 0 aliphatic carbocycles. The molecule has 1 N–H and O–H groups in total. The molecule has 0 aromatic heterocycles. The molecule has 1 aliphatic heterocycles. The van der Waals surface area contributed by atoms with E-state index in [4.69, 9.17) is 0 Å². The van der Waals surface area contributed by atoms with Crippen LogP contribution in [0.25, 0.3) is 0 Å². The lowest BCUT2D eigenvalue weighted by atomic mass is 10.1. The lowest BCUT2D eigenvalue weighted by molar-refractivity contribution is 0.0823. The molecule has 0 atom stereocenters. The van der Waals surface area contributed by atoms with Crippen molar-refractivity contribution in [1.82, 2.24) is 4.90 Å². The van der Waals surface area contributed by atoms with Gasteiger partial charge in [0.05, 0.1) is 6.10 Å². The second-order valence-electron chi connectivity index (χ2n) is 3.32. The van der Waals surface area contributed by atoms with Crippen molar-refractivity contribution in [3.8, 4) is 0 Å². The fourth-order valence-electron chi connectivity index (χ4n) is 1.52. The third-order valence-corrected chi connectivity index (χ3v) is 2.31. The third-order valence-electron chi connectivity index (χ3n) is 2.31. The summed E-state index contributed by atoms with van der Waals surface area (Å²) in [5, 5.41) is 9.21. The first kappa shape index (κ1) is 9.68. The second kappa shape index (κ2) is 5.27. The highest BCUT2D eigenvalue weighted by molar-refractivity contribution is 5.50. The number of aliphatic hydroxyl groups excluding tert-OH is 1. The van der Waals surface area contributed by atoms with Gasteiger partial charge < -0.3 is 10.0 Å². The summed E-state index contributed by atoms with van der Waals surface area (Å²) in [6.45, 7) is 2.92. The molecule has 0 bridgehead atoms. The van der Waals surface area contributed by atoms with Crippen molar-refractivity contribution in [2.24, 2.45) is 0 Å². The van der Waals surface area contributed by atoms with Gasteiger partial charge in [-0.15, -0.1) is 0 Å². The second-order valence-corrected chi connectivity index (χ2v) is 3.32. The van der Waals surface area contributed by atoms with Crippen LogP contribution in [0.2, 0.25) is 0 Å². The zero-order chi connectivity index (χ0) is 8.81. The number of likely N-dealkylation sites (tertiary alicyclic amines) is 1. The number of rotatable bonds is 4. The van der Waals surface area contributed by atoms with Gasteiger partial charge in [-0.05, 0) is 25.8 Å². The number of nitrogens with zero attached hydrogens (tertiary/aromatic N) is 1. The van der Waals surface area contributed by atoms with Crippen LogP contribution in [-0.2, 0) is 4.79 Å². The highest BCUT2D eigenvalue weighted by Gasteiger charge is 2.15. The largest absolute Gasteiger partial charge is 0.393 e. The maximum Gasteiger partial charge on any atom is 0.198 e. The topological polar surface area (TPSA) is 40.5 Å². The van der Waals surface area contributed by atoms with E-state index in [1.807, 2.05) is 6.29 Å². The summed E-state index contributed by atoms with van der Waals surface area (Å²) in [6, 6.07) is 0. The molecule has 0 unspecified atom stereocenters. The van der Waals surface area contributed by atoms with Gasteiger partial charge >= 0.3 is 0 Å². The van der Waals surface area contributed by atoms with Crippen LogP contribution in [0, 0.1) is 0 Å². The SMILES string of the molecule is O=[C]CCCN1CCC(O)CC1. The van der Waals surface area contributed by atoms with Crippen LogP contribution in [0.4, 0.5) is 0 Å². The van der Waals surface area contributed by atoms with Crippen LogP contribution in [0.5, 0.6) is 0 Å². The Labute approximate surface area is 73.4 Å². The van der Waals surface area contributed by atoms with E-state index in [1.54, 1.807) is 0 Å². The van der Waals surface area contributed by atoms with Crippen molar-refractivity contribution < 1.29 is 9.90 Å². The van der Waals surface area contributed by atoms with Gasteiger partial charge in [0.1, 0.15) is 0 Å². The van der Waals surface area contributed by atoms with Gasteiger partial charge in [0.25, 0.3) is 0 Å². The van der Waals surface area contributed by atoms with Crippen LogP contribution >= 0.6 is 0 Å². The predicted octanol–water partition coefficient (Wildman–Crippen LogP) is 0.333. The van der Waals surface area contributed by atoms with Gasteiger partial charge in [0.15, 0.2) is 6.29 Å². The summed E-state index contributed by atoms with van der Waals surface area (Å²) in [7, 11) is 0. The maximum atomic E-state index is 9.92. The summed E-state index contributed by atoms with van der Waals surface area (Å²) in [5.41, 5.74) is 0. The smallest absolute Gasteiger partial charge is 0.198 e. The average molecular weight is 170 g/mol. The molecule has 3 heteroatoms. The summed E-state index contributed by atoms with van der Waals surface area (Å²) in [4.78, 5) is 12.2. The van der Waals surface area contributed by atoms with E-state index in [2.05, 4.69) is 4.90 Å². The lowest BCUT2D eigenvalue weighted by Gasteiger charge is -2.29. The minimum absolute atomic E-state index is 0.0983. The minimum atomic E-state index is -0.0983. The van der Waals surface area contributed by atoms with Crippen LogP contribution in [-0.4, -0.2) is 42.0 Å². The molecule has 0 saturated carbocycles. The minimum Gasteiger partial charge on any atom is -0.393 e. The van der Waals surface area contributed by atoms with Crippen LogP contribution < -0.4 is 0 Å². The fraction of sp³-hybridized carbons (Fsp3) is 0.889. The summed E-state index contributed by atoms with van der Waals surface area (Å²) >= 11 is 0. The van der Waals surface area contributed by atoms with Crippen molar-refractivity contribution in [1.29, 1.82) is 0 Å². The number of hydrogen-bond acceptors (Lipinski definition) is 3. The Hall–Kier alpha value is -0.410. The first-order valence-corrected chi connectivity index (χ1v) is 4.58. The molecule has 0 amide bonds. The summed E-state index contributed by atoms with van der Waals surface area (Å²) < 4.78 is 0. The number of aliphatic hydroxyl groups is 1. The van der Waals surface area contributed by atoms with Crippen molar-refractivity contribution in [2.45, 2.75) is 31.8 Å². The first-order chi connectivity index (χ1) is 5.83. The summed E-state index contributed by atoms with van der Waals surface area (Å²) in [6.07, 6.45) is 4.99. The highest BCUT2D eigenvalue weighted by atomic mass is 16.3. The Bertz CT molecular complexity index is 130. The number of carbonyl (C=O) groups excluding carboxylic acids is 1. The number of piperidine rings is 1. The van der Waals surface area contributed by atoms with Gasteiger partial charge in [0.2, 0.25) is 0 Å². The Balaban J connectivity index is 2.05. The Kier molecular flexibility index (Phi) is 4.25. The van der Waals surface area contributed by atoms with E-state index < -0.39 is 0 Å². The quantitative estimate of drug-likeness (QED) is 0.618. The van der Waals surface area contributed by atoms with Crippen molar-refractivity contribution in [2.75, 3.05) is 19.6 Å². The third kappa shape index (κ3) is 3.32. The van der Waals surface area contributed by atoms with Crippen molar-refractivity contribution in [3.63, 3.8) is 0 Å². The predicted molar refractivity (Wildman–Crippen MR) is 46.6 cm³/mol. The van der Waals surface area contributed by atoms with E-state index >= 15 is 0 Å². The van der Waals surface area contributed by atoms with E-state index in [-0.39, 0.29) is 6.10 Å². The van der Waals surface area contributed by atoms with Gasteiger partial charge in [-0.3, -0.25) is 4.79 Å². The molecule has 12 heavy (non-hydrogen) atoms. The molecule has 69 valence electrons. The zero-order valence-electron chi connectivity index (χ0n) is 7.33. The summed E-state index contributed by atoms with van der Waals surface area (Å²) in [5.74, 6) is 0. The molecule has 1 heterocycles. The van der Waals surface area contributed by atoms with Crippen molar-refractivity contribution in [3.05, 3.63) is 0 Å². The standard InChI is InChI=1S/C9H16NO2/c11-8-2-1-5-10-6-3-9(12)4-7-10/h9,12H,1-7H2. The van der Waals surface area contributed by atoms with Crippen LogP contribution in [0.3, 0.4) is 0 Å². The molecule has 3 nitrogen and oxygen atoms in total. The molecule has 0 aromatic rings. The van der Waals surface area contributed by atoms with Gasteiger partial charge in [-0.25, -0.2) is 0 Å².